The first-order valence-electron chi connectivity index (χ1n) is 3.17. The van der Waals surface area contributed by atoms with Crippen molar-refractivity contribution in [2.75, 3.05) is 5.32 Å². The molecule has 1 N–H and O–H groups in total. The van der Waals surface area contributed by atoms with Crippen molar-refractivity contribution in [2.45, 2.75) is 0 Å². The van der Waals surface area contributed by atoms with E-state index in [1.54, 1.807) is 0 Å². The zero-order valence-corrected chi connectivity index (χ0v) is 6.07. The Bertz CT molecular complexity index is 286. The van der Waals surface area contributed by atoms with Gasteiger partial charge in [-0.15, -0.1) is 0 Å². The number of anilines is 1. The van der Waals surface area contributed by atoms with Crippen LogP contribution in [0.3, 0.4) is 0 Å². The predicted octanol–water partition coefficient (Wildman–Crippen LogP) is 2.66. The van der Waals surface area contributed by atoms with Crippen molar-refractivity contribution in [1.82, 2.24) is 0 Å². The molecule has 1 nitrogen and oxygen atoms in total. The standard InChI is InChI=1S/C8H6F3N/c1-2-12-5-3-6(9)8(11)7(10)4-5/h2-4,12H,1H2. The molecule has 0 spiro atoms. The van der Waals surface area contributed by atoms with Gasteiger partial charge in [0, 0.05) is 17.8 Å². The topological polar surface area (TPSA) is 12.0 Å². The van der Waals surface area contributed by atoms with Crippen molar-refractivity contribution < 1.29 is 13.2 Å². The van der Waals surface area contributed by atoms with Gasteiger partial charge in [0.25, 0.3) is 0 Å². The van der Waals surface area contributed by atoms with Crippen LogP contribution < -0.4 is 5.32 Å². The van der Waals surface area contributed by atoms with Crippen LogP contribution in [0.25, 0.3) is 0 Å². The monoisotopic (exact) mass is 173 g/mol. The molecule has 0 unspecified atom stereocenters. The van der Waals surface area contributed by atoms with Crippen LogP contribution in [0.15, 0.2) is 24.9 Å². The lowest BCUT2D eigenvalue weighted by Crippen LogP contribution is -1.94. The van der Waals surface area contributed by atoms with Crippen molar-refractivity contribution in [2.24, 2.45) is 0 Å². The fourth-order valence-corrected chi connectivity index (χ4v) is 0.757. The van der Waals surface area contributed by atoms with Crippen LogP contribution >= 0.6 is 0 Å². The first-order chi connectivity index (χ1) is 5.65. The molecule has 0 saturated heterocycles. The highest BCUT2D eigenvalue weighted by Gasteiger charge is 2.09. The molecule has 12 heavy (non-hydrogen) atoms. The zero-order valence-electron chi connectivity index (χ0n) is 6.07. The first kappa shape index (κ1) is 8.64. The number of nitrogens with one attached hydrogen (secondary N) is 1. The minimum absolute atomic E-state index is 0.126. The van der Waals surface area contributed by atoms with Gasteiger partial charge in [0.1, 0.15) is 0 Å². The molecular formula is C8H6F3N. The molecule has 0 atom stereocenters. The fourth-order valence-electron chi connectivity index (χ4n) is 0.757. The van der Waals surface area contributed by atoms with Gasteiger partial charge >= 0.3 is 0 Å². The highest BCUT2D eigenvalue weighted by atomic mass is 19.2. The highest BCUT2D eigenvalue weighted by Crippen LogP contribution is 2.16. The second kappa shape index (κ2) is 3.30. The molecule has 0 fully saturated rings. The van der Waals surface area contributed by atoms with Crippen molar-refractivity contribution in [3.05, 3.63) is 42.4 Å². The van der Waals surface area contributed by atoms with Gasteiger partial charge in [-0.1, -0.05) is 6.58 Å². The molecule has 1 aromatic carbocycles. The predicted molar refractivity (Wildman–Crippen MR) is 40.1 cm³/mol. The average molecular weight is 173 g/mol. The van der Waals surface area contributed by atoms with E-state index in [2.05, 4.69) is 11.9 Å². The Hall–Kier alpha value is -1.45. The molecule has 0 saturated carbocycles. The molecule has 0 bridgehead atoms. The van der Waals surface area contributed by atoms with Gasteiger partial charge in [0.2, 0.25) is 0 Å². The summed E-state index contributed by atoms with van der Waals surface area (Å²) in [5.74, 6) is -3.91. The third-order valence-electron chi connectivity index (χ3n) is 1.25. The van der Waals surface area contributed by atoms with Crippen LogP contribution in [0.2, 0.25) is 0 Å². The van der Waals surface area contributed by atoms with E-state index >= 15 is 0 Å². The molecule has 0 heterocycles. The summed E-state index contributed by atoms with van der Waals surface area (Å²) >= 11 is 0. The molecule has 1 rings (SSSR count). The summed E-state index contributed by atoms with van der Waals surface area (Å²) in [7, 11) is 0. The van der Waals surface area contributed by atoms with Crippen molar-refractivity contribution >= 4 is 5.69 Å². The molecule has 0 aliphatic carbocycles. The molecule has 64 valence electrons. The van der Waals surface area contributed by atoms with Crippen LogP contribution in [-0.4, -0.2) is 0 Å². The van der Waals surface area contributed by atoms with Crippen LogP contribution in [0, 0.1) is 17.5 Å². The maximum absolute atomic E-state index is 12.5. The largest absolute Gasteiger partial charge is 0.362 e. The van der Waals surface area contributed by atoms with E-state index in [4.69, 9.17) is 0 Å². The van der Waals surface area contributed by atoms with Crippen molar-refractivity contribution in [3.8, 4) is 0 Å². The summed E-state index contributed by atoms with van der Waals surface area (Å²) < 4.78 is 37.3. The maximum atomic E-state index is 12.5. The van der Waals surface area contributed by atoms with Crippen LogP contribution in [0.5, 0.6) is 0 Å². The summed E-state index contributed by atoms with van der Waals surface area (Å²) in [6, 6.07) is 1.69. The van der Waals surface area contributed by atoms with E-state index in [9.17, 15) is 13.2 Å². The Labute approximate surface area is 67.5 Å². The van der Waals surface area contributed by atoms with Crippen molar-refractivity contribution in [3.63, 3.8) is 0 Å². The zero-order chi connectivity index (χ0) is 9.14. The lowest BCUT2D eigenvalue weighted by molar-refractivity contribution is 0.448. The minimum atomic E-state index is -1.47. The van der Waals surface area contributed by atoms with E-state index in [-0.39, 0.29) is 5.69 Å². The van der Waals surface area contributed by atoms with Gasteiger partial charge in [0.15, 0.2) is 17.5 Å². The third kappa shape index (κ3) is 1.58. The summed E-state index contributed by atoms with van der Waals surface area (Å²) in [5, 5.41) is 2.43. The van der Waals surface area contributed by atoms with Gasteiger partial charge in [-0.05, 0) is 6.20 Å². The molecule has 0 aromatic heterocycles. The third-order valence-corrected chi connectivity index (χ3v) is 1.25. The summed E-state index contributed by atoms with van der Waals surface area (Å²) in [6.45, 7) is 3.29. The smallest absolute Gasteiger partial charge is 0.194 e. The number of halogens is 3. The van der Waals surface area contributed by atoms with Crippen LogP contribution in [0.4, 0.5) is 18.9 Å². The average Bonchev–Trinajstić information content (AvgIpc) is 2.01. The normalized spacial score (nSPS) is 9.58. The lowest BCUT2D eigenvalue weighted by Gasteiger charge is -2.01. The maximum Gasteiger partial charge on any atom is 0.194 e. The fraction of sp³-hybridized carbons (Fsp3) is 0. The minimum Gasteiger partial charge on any atom is -0.362 e. The Morgan fingerprint density at radius 2 is 1.67 bits per heavy atom. The molecule has 4 heteroatoms. The Balaban J connectivity index is 3.11. The van der Waals surface area contributed by atoms with Gasteiger partial charge in [-0.2, -0.15) is 0 Å². The van der Waals surface area contributed by atoms with E-state index in [1.807, 2.05) is 0 Å². The van der Waals surface area contributed by atoms with E-state index in [1.165, 1.54) is 6.20 Å². The summed E-state index contributed by atoms with van der Waals surface area (Å²) in [5.41, 5.74) is 0.126. The number of benzene rings is 1. The van der Waals surface area contributed by atoms with Gasteiger partial charge in [-0.3, -0.25) is 0 Å². The van der Waals surface area contributed by atoms with Crippen molar-refractivity contribution in [1.29, 1.82) is 0 Å². The number of rotatable bonds is 2. The summed E-state index contributed by atoms with van der Waals surface area (Å²) in [6.07, 6.45) is 1.24. The number of hydrogen-bond acceptors (Lipinski definition) is 1. The number of hydrogen-bond donors (Lipinski definition) is 1. The van der Waals surface area contributed by atoms with Gasteiger partial charge in [-0.25, -0.2) is 13.2 Å². The Kier molecular flexibility index (Phi) is 2.38. The van der Waals surface area contributed by atoms with Gasteiger partial charge < -0.3 is 5.32 Å². The van der Waals surface area contributed by atoms with E-state index in [0.29, 0.717) is 0 Å². The molecule has 0 radical (unpaired) electrons. The Morgan fingerprint density at radius 1 is 1.17 bits per heavy atom. The summed E-state index contributed by atoms with van der Waals surface area (Å²) in [4.78, 5) is 0. The highest BCUT2D eigenvalue weighted by molar-refractivity contribution is 5.45. The SMILES string of the molecule is C=CNc1cc(F)c(F)c(F)c1. The molecule has 1 aromatic rings. The van der Waals surface area contributed by atoms with Gasteiger partial charge in [0.05, 0.1) is 0 Å². The second-order valence-electron chi connectivity index (χ2n) is 2.10. The first-order valence-corrected chi connectivity index (χ1v) is 3.17. The lowest BCUT2D eigenvalue weighted by atomic mass is 10.3. The molecule has 0 aliphatic heterocycles. The van der Waals surface area contributed by atoms with Crippen LogP contribution in [-0.2, 0) is 0 Å². The molecule has 0 amide bonds. The quantitative estimate of drug-likeness (QED) is 0.678. The second-order valence-corrected chi connectivity index (χ2v) is 2.10. The molecular weight excluding hydrogens is 167 g/mol. The van der Waals surface area contributed by atoms with E-state index < -0.39 is 17.5 Å². The van der Waals surface area contributed by atoms with Crippen LogP contribution in [0.1, 0.15) is 0 Å². The van der Waals surface area contributed by atoms with E-state index in [0.717, 1.165) is 12.1 Å². The molecule has 0 aliphatic rings. The Morgan fingerprint density at radius 3 is 2.08 bits per heavy atom.